The summed E-state index contributed by atoms with van der Waals surface area (Å²) in [5.41, 5.74) is 3.89. The van der Waals surface area contributed by atoms with E-state index in [1.807, 2.05) is 110 Å². The van der Waals surface area contributed by atoms with Crippen molar-refractivity contribution in [2.75, 3.05) is 13.1 Å². The van der Waals surface area contributed by atoms with Gasteiger partial charge in [0, 0.05) is 23.9 Å². The van der Waals surface area contributed by atoms with Gasteiger partial charge in [-0.25, -0.2) is 9.97 Å². The number of aromatic nitrogens is 2. The molecule has 0 aliphatic carbocycles. The number of benzene rings is 2. The smallest absolute Gasteiger partial charge is 0.252 e. The summed E-state index contributed by atoms with van der Waals surface area (Å²) in [6, 6.07) is 27.1. The van der Waals surface area contributed by atoms with Crippen LogP contribution in [0, 0.1) is 5.41 Å². The minimum atomic E-state index is -0.399. The number of carbonyl (C=O) groups excluding carboxylic acids is 2. The summed E-state index contributed by atoms with van der Waals surface area (Å²) >= 11 is 3.19. The topological polar surface area (TPSA) is 84.0 Å². The van der Waals surface area contributed by atoms with E-state index in [0.717, 1.165) is 42.9 Å². The summed E-state index contributed by atoms with van der Waals surface area (Å²) in [6.45, 7) is 4.82. The molecule has 0 saturated carbocycles. The maximum atomic E-state index is 13.5. The van der Waals surface area contributed by atoms with E-state index in [4.69, 9.17) is 9.97 Å². The van der Waals surface area contributed by atoms with Gasteiger partial charge in [0.25, 0.3) is 11.8 Å². The maximum absolute atomic E-state index is 13.5. The van der Waals surface area contributed by atoms with E-state index in [9.17, 15) is 9.59 Å². The third kappa shape index (κ3) is 5.75. The second-order valence-electron chi connectivity index (χ2n) is 10.6. The molecule has 0 aliphatic rings. The number of amides is 2. The Morgan fingerprint density at radius 2 is 1.10 bits per heavy atom. The van der Waals surface area contributed by atoms with Crippen LogP contribution in [0.5, 0.6) is 0 Å². The predicted octanol–water partition coefficient (Wildman–Crippen LogP) is 7.43. The zero-order chi connectivity index (χ0) is 28.4. The molecule has 0 spiro atoms. The summed E-state index contributed by atoms with van der Waals surface area (Å²) in [5, 5.41) is 11.8. The van der Waals surface area contributed by atoms with Gasteiger partial charge in [-0.3, -0.25) is 9.59 Å². The van der Waals surface area contributed by atoms with Crippen LogP contribution >= 0.6 is 22.7 Å². The van der Waals surface area contributed by atoms with Crippen molar-refractivity contribution in [3.05, 3.63) is 107 Å². The van der Waals surface area contributed by atoms with Gasteiger partial charge in [0.1, 0.15) is 0 Å². The number of hydrogen-bond acceptors (Lipinski definition) is 6. The van der Waals surface area contributed by atoms with Crippen molar-refractivity contribution in [2.24, 2.45) is 5.41 Å². The average Bonchev–Trinajstić information content (AvgIpc) is 3.73. The molecule has 0 atom stereocenters. The van der Waals surface area contributed by atoms with E-state index in [1.54, 1.807) is 22.7 Å². The Morgan fingerprint density at radius 1 is 0.659 bits per heavy atom. The highest BCUT2D eigenvalue weighted by Crippen LogP contribution is 2.29. The van der Waals surface area contributed by atoms with Crippen LogP contribution in [0.25, 0.3) is 42.9 Å². The van der Waals surface area contributed by atoms with Crippen LogP contribution in [0.15, 0.2) is 95.7 Å². The largest absolute Gasteiger partial charge is 0.351 e. The van der Waals surface area contributed by atoms with Crippen LogP contribution in [0.4, 0.5) is 0 Å². The molecule has 2 amide bonds. The lowest BCUT2D eigenvalue weighted by Gasteiger charge is -2.25. The summed E-state index contributed by atoms with van der Waals surface area (Å²) < 4.78 is 0. The van der Waals surface area contributed by atoms with E-state index in [1.165, 1.54) is 0 Å². The van der Waals surface area contributed by atoms with Gasteiger partial charge < -0.3 is 10.6 Å². The van der Waals surface area contributed by atoms with Gasteiger partial charge in [-0.2, -0.15) is 0 Å². The highest BCUT2D eigenvalue weighted by Gasteiger charge is 2.23. The number of carbonyl (C=O) groups is 2. The molecule has 8 heteroatoms. The number of pyridine rings is 2. The van der Waals surface area contributed by atoms with E-state index in [2.05, 4.69) is 10.6 Å². The van der Waals surface area contributed by atoms with Gasteiger partial charge >= 0.3 is 0 Å². The van der Waals surface area contributed by atoms with Crippen molar-refractivity contribution in [3.63, 3.8) is 0 Å². The quantitative estimate of drug-likeness (QED) is 0.197. The van der Waals surface area contributed by atoms with Crippen LogP contribution in [-0.2, 0) is 0 Å². The van der Waals surface area contributed by atoms with E-state index in [0.29, 0.717) is 24.2 Å². The molecule has 4 heterocycles. The summed E-state index contributed by atoms with van der Waals surface area (Å²) in [4.78, 5) is 38.5. The zero-order valence-corrected chi connectivity index (χ0v) is 24.3. The molecule has 2 N–H and O–H groups in total. The molecule has 0 fully saturated rings. The number of nitrogens with one attached hydrogen (secondary N) is 2. The molecular weight excluding hydrogens is 549 g/mol. The molecule has 0 saturated heterocycles. The minimum Gasteiger partial charge on any atom is -0.351 e. The van der Waals surface area contributed by atoms with Gasteiger partial charge in [0.2, 0.25) is 0 Å². The molecule has 0 radical (unpaired) electrons. The van der Waals surface area contributed by atoms with Crippen LogP contribution in [0.2, 0.25) is 0 Å². The maximum Gasteiger partial charge on any atom is 0.252 e. The van der Waals surface area contributed by atoms with Gasteiger partial charge in [-0.05, 0) is 52.6 Å². The zero-order valence-electron chi connectivity index (χ0n) is 22.7. The molecule has 6 aromatic rings. The molecule has 0 bridgehead atoms. The number of nitrogens with zero attached hydrogens (tertiary/aromatic N) is 2. The predicted molar refractivity (Wildman–Crippen MR) is 169 cm³/mol. The van der Waals surface area contributed by atoms with Crippen molar-refractivity contribution in [1.82, 2.24) is 20.6 Å². The number of fused-ring (bicyclic) bond motifs is 2. The van der Waals surface area contributed by atoms with Gasteiger partial charge in [0.15, 0.2) is 0 Å². The van der Waals surface area contributed by atoms with Crippen LogP contribution in [-0.4, -0.2) is 34.9 Å². The molecule has 4 aromatic heterocycles. The fourth-order valence-electron chi connectivity index (χ4n) is 4.72. The number of para-hydroxylation sites is 2. The van der Waals surface area contributed by atoms with Gasteiger partial charge in [-0.1, -0.05) is 62.4 Å². The third-order valence-corrected chi connectivity index (χ3v) is 8.71. The first-order valence-corrected chi connectivity index (χ1v) is 15.1. The SMILES string of the molecule is CC(C)(CNC(=O)c1cc(-c2cccs2)nc2ccccc12)CNC(=O)c1cc(-c2cccs2)nc2ccccc12. The summed E-state index contributed by atoms with van der Waals surface area (Å²) in [7, 11) is 0. The Bertz CT molecular complexity index is 1730. The first kappa shape index (κ1) is 26.8. The second kappa shape index (κ2) is 11.2. The highest BCUT2D eigenvalue weighted by atomic mass is 32.1. The molecule has 6 rings (SSSR count). The van der Waals surface area contributed by atoms with E-state index in [-0.39, 0.29) is 11.8 Å². The van der Waals surface area contributed by atoms with Crippen LogP contribution in [0.3, 0.4) is 0 Å². The molecule has 204 valence electrons. The minimum absolute atomic E-state index is 0.165. The Hall–Kier alpha value is -4.40. The fourth-order valence-corrected chi connectivity index (χ4v) is 6.09. The Labute approximate surface area is 246 Å². The van der Waals surface area contributed by atoms with Crippen molar-refractivity contribution >= 4 is 56.3 Å². The first-order valence-electron chi connectivity index (χ1n) is 13.3. The van der Waals surface area contributed by atoms with Crippen molar-refractivity contribution in [3.8, 4) is 21.1 Å². The lowest BCUT2D eigenvalue weighted by Crippen LogP contribution is -2.42. The first-order chi connectivity index (χ1) is 19.9. The molecule has 41 heavy (non-hydrogen) atoms. The summed E-state index contributed by atoms with van der Waals surface area (Å²) in [5.74, 6) is -0.331. The number of rotatable bonds is 8. The second-order valence-corrected chi connectivity index (χ2v) is 12.5. The fraction of sp³-hybridized carbons (Fsp3) is 0.152. The van der Waals surface area contributed by atoms with Crippen molar-refractivity contribution < 1.29 is 9.59 Å². The Balaban J connectivity index is 1.18. The average molecular weight is 577 g/mol. The third-order valence-electron chi connectivity index (χ3n) is 6.92. The number of thiophene rings is 2. The molecule has 0 unspecified atom stereocenters. The molecular formula is C33H28N4O2S2. The molecule has 6 nitrogen and oxygen atoms in total. The highest BCUT2D eigenvalue weighted by molar-refractivity contribution is 7.13. The standard InChI is InChI=1S/C33H28N4O2S2/c1-33(2,19-34-31(38)23-17-27(29-13-7-15-40-29)36-25-11-5-3-9-21(23)25)20-35-32(39)24-18-28(30-14-8-16-41-30)37-26-12-6-4-10-22(24)26/h3-18H,19-20H2,1-2H3,(H,34,38)(H,35,39). The number of hydrogen-bond donors (Lipinski definition) is 2. The van der Waals surface area contributed by atoms with E-state index >= 15 is 0 Å². The van der Waals surface area contributed by atoms with Crippen LogP contribution in [0.1, 0.15) is 34.6 Å². The van der Waals surface area contributed by atoms with Crippen molar-refractivity contribution in [2.45, 2.75) is 13.8 Å². The Kier molecular flexibility index (Phi) is 7.34. The molecule has 2 aromatic carbocycles. The Morgan fingerprint density at radius 3 is 1.51 bits per heavy atom. The lowest BCUT2D eigenvalue weighted by molar-refractivity contribution is 0.0921. The molecule has 0 aliphatic heterocycles. The lowest BCUT2D eigenvalue weighted by atomic mass is 9.92. The van der Waals surface area contributed by atoms with Crippen LogP contribution < -0.4 is 10.6 Å². The monoisotopic (exact) mass is 576 g/mol. The van der Waals surface area contributed by atoms with E-state index < -0.39 is 5.41 Å². The van der Waals surface area contributed by atoms with Gasteiger partial charge in [-0.15, -0.1) is 22.7 Å². The van der Waals surface area contributed by atoms with Gasteiger partial charge in [0.05, 0.1) is 43.3 Å². The summed E-state index contributed by atoms with van der Waals surface area (Å²) in [6.07, 6.45) is 0. The normalized spacial score (nSPS) is 11.6. The van der Waals surface area contributed by atoms with Crippen molar-refractivity contribution in [1.29, 1.82) is 0 Å².